The Morgan fingerprint density at radius 3 is 2.42 bits per heavy atom. The van der Waals surface area contributed by atoms with E-state index in [2.05, 4.69) is 14.7 Å². The predicted octanol–water partition coefficient (Wildman–Crippen LogP) is 2.72. The lowest BCUT2D eigenvalue weighted by Crippen LogP contribution is -2.11. The van der Waals surface area contributed by atoms with Crippen LogP contribution >= 0.6 is 0 Å². The van der Waals surface area contributed by atoms with Gasteiger partial charge in [0.05, 0.1) is 7.11 Å². The first-order chi connectivity index (χ1) is 12.4. The fourth-order valence-corrected chi connectivity index (χ4v) is 2.65. The number of methoxy groups -OCH3 is 1. The Labute approximate surface area is 148 Å². The Bertz CT molecular complexity index is 1010. The van der Waals surface area contributed by atoms with E-state index in [0.717, 1.165) is 23.8 Å². The van der Waals surface area contributed by atoms with Crippen molar-refractivity contribution < 1.29 is 24.5 Å². The van der Waals surface area contributed by atoms with Gasteiger partial charge in [0.15, 0.2) is 17.1 Å². The molecular formula is C19H16N2O5. The Balaban J connectivity index is 2.13. The van der Waals surface area contributed by atoms with E-state index < -0.39 is 23.4 Å². The maximum absolute atomic E-state index is 11.7. The lowest BCUT2D eigenvalue weighted by molar-refractivity contribution is 0.0590. The second-order valence-corrected chi connectivity index (χ2v) is 5.86. The van der Waals surface area contributed by atoms with E-state index in [1.54, 1.807) is 6.07 Å². The normalized spacial score (nSPS) is 10.7. The van der Waals surface area contributed by atoms with Crippen molar-refractivity contribution in [1.29, 1.82) is 0 Å². The summed E-state index contributed by atoms with van der Waals surface area (Å²) in [6.07, 6.45) is 2.08. The van der Waals surface area contributed by atoms with E-state index in [0.29, 0.717) is 6.42 Å². The number of hydrogen-bond donors (Lipinski definition) is 2. The molecule has 0 aliphatic rings. The van der Waals surface area contributed by atoms with E-state index in [1.807, 2.05) is 31.2 Å². The summed E-state index contributed by atoms with van der Waals surface area (Å²) in [5.74, 6) is -2.76. The minimum absolute atomic E-state index is 0.00884. The monoisotopic (exact) mass is 352 g/mol. The van der Waals surface area contributed by atoms with Gasteiger partial charge in [0.25, 0.3) is 0 Å². The third-order valence-electron chi connectivity index (χ3n) is 3.98. The van der Waals surface area contributed by atoms with Gasteiger partial charge in [0.1, 0.15) is 5.52 Å². The van der Waals surface area contributed by atoms with Crippen molar-refractivity contribution >= 4 is 22.8 Å². The molecule has 0 spiro atoms. The van der Waals surface area contributed by atoms with Crippen LogP contribution in [0.1, 0.15) is 37.7 Å². The Morgan fingerprint density at radius 2 is 1.81 bits per heavy atom. The first kappa shape index (κ1) is 17.3. The number of rotatable bonds is 4. The number of aryl methyl sites for hydroxylation is 1. The number of carbonyl (C=O) groups is 2. The number of fused-ring (bicyclic) bond motifs is 1. The van der Waals surface area contributed by atoms with Crippen LogP contribution in [0.5, 0.6) is 5.75 Å². The van der Waals surface area contributed by atoms with Crippen LogP contribution in [0.15, 0.2) is 36.5 Å². The summed E-state index contributed by atoms with van der Waals surface area (Å²) >= 11 is 0. The molecule has 2 heterocycles. The highest BCUT2D eigenvalue weighted by molar-refractivity contribution is 6.06. The summed E-state index contributed by atoms with van der Waals surface area (Å²) in [7, 11) is 1.12. The minimum atomic E-state index is -1.32. The Hall–Kier alpha value is -3.48. The molecule has 0 atom stereocenters. The van der Waals surface area contributed by atoms with Gasteiger partial charge in [-0.2, -0.15) is 0 Å². The topological polar surface area (TPSA) is 110 Å². The average molecular weight is 352 g/mol. The molecule has 2 aromatic heterocycles. The molecule has 0 aliphatic carbocycles. The van der Waals surface area contributed by atoms with E-state index in [9.17, 15) is 19.8 Å². The molecule has 3 rings (SSSR count). The summed E-state index contributed by atoms with van der Waals surface area (Å²) in [5.41, 5.74) is 2.09. The van der Waals surface area contributed by atoms with E-state index >= 15 is 0 Å². The smallest absolute Gasteiger partial charge is 0.360 e. The number of aromatic hydroxyl groups is 1. The molecule has 7 heteroatoms. The van der Waals surface area contributed by atoms with Crippen molar-refractivity contribution in [3.05, 3.63) is 64.6 Å². The second-order valence-electron chi connectivity index (χ2n) is 5.86. The number of aromatic nitrogens is 2. The van der Waals surface area contributed by atoms with Gasteiger partial charge in [-0.05, 0) is 30.5 Å². The number of carboxylic acid groups (broad SMARTS) is 1. The highest BCUT2D eigenvalue weighted by atomic mass is 16.5. The zero-order valence-corrected chi connectivity index (χ0v) is 14.2. The summed E-state index contributed by atoms with van der Waals surface area (Å²) in [6.45, 7) is 1.99. The molecule has 2 N–H and O–H groups in total. The number of pyridine rings is 2. The van der Waals surface area contributed by atoms with Gasteiger partial charge in [-0.25, -0.2) is 14.6 Å². The van der Waals surface area contributed by atoms with Gasteiger partial charge in [-0.15, -0.1) is 0 Å². The summed E-state index contributed by atoms with van der Waals surface area (Å²) in [5, 5.41) is 19.8. The lowest BCUT2D eigenvalue weighted by atomic mass is 10.0. The van der Waals surface area contributed by atoms with Gasteiger partial charge < -0.3 is 14.9 Å². The Morgan fingerprint density at radius 1 is 1.12 bits per heavy atom. The number of hydrogen-bond acceptors (Lipinski definition) is 6. The van der Waals surface area contributed by atoms with E-state index in [1.165, 1.54) is 6.20 Å². The van der Waals surface area contributed by atoms with Gasteiger partial charge in [0.2, 0.25) is 0 Å². The number of nitrogens with zero attached hydrogens (tertiary/aromatic N) is 2. The zero-order valence-electron chi connectivity index (χ0n) is 14.2. The largest absolute Gasteiger partial charge is 0.504 e. The molecular weight excluding hydrogens is 336 g/mol. The highest BCUT2D eigenvalue weighted by Crippen LogP contribution is 2.29. The van der Waals surface area contributed by atoms with Crippen LogP contribution < -0.4 is 0 Å². The molecule has 0 aliphatic heterocycles. The summed E-state index contributed by atoms with van der Waals surface area (Å²) < 4.78 is 4.53. The number of ether oxygens (including phenoxy) is 1. The molecule has 3 aromatic rings. The third-order valence-corrected chi connectivity index (χ3v) is 3.98. The van der Waals surface area contributed by atoms with Gasteiger partial charge >= 0.3 is 11.9 Å². The van der Waals surface area contributed by atoms with Crippen molar-refractivity contribution in [1.82, 2.24) is 9.97 Å². The van der Waals surface area contributed by atoms with Crippen molar-refractivity contribution in [3.63, 3.8) is 0 Å². The molecule has 0 fully saturated rings. The third kappa shape index (κ3) is 3.19. The number of aromatic carboxylic acids is 1. The van der Waals surface area contributed by atoms with Gasteiger partial charge in [-0.3, -0.25) is 4.98 Å². The number of carboxylic acids is 1. The van der Waals surface area contributed by atoms with Crippen molar-refractivity contribution in [2.24, 2.45) is 0 Å². The average Bonchev–Trinajstić information content (AvgIpc) is 2.63. The molecule has 7 nitrogen and oxygen atoms in total. The maximum atomic E-state index is 11.7. The molecule has 0 saturated heterocycles. The van der Waals surface area contributed by atoms with Crippen molar-refractivity contribution in [2.45, 2.75) is 13.3 Å². The van der Waals surface area contributed by atoms with Crippen LogP contribution in [-0.2, 0) is 11.2 Å². The molecule has 0 saturated carbocycles. The quantitative estimate of drug-likeness (QED) is 0.695. The fourth-order valence-electron chi connectivity index (χ4n) is 2.65. The highest BCUT2D eigenvalue weighted by Gasteiger charge is 2.23. The van der Waals surface area contributed by atoms with Crippen LogP contribution in [0.3, 0.4) is 0 Å². The van der Waals surface area contributed by atoms with E-state index in [-0.39, 0.29) is 16.6 Å². The Kier molecular flexibility index (Phi) is 4.53. The molecule has 132 valence electrons. The summed E-state index contributed by atoms with van der Waals surface area (Å²) in [4.78, 5) is 31.2. The van der Waals surface area contributed by atoms with Crippen LogP contribution in [0.4, 0.5) is 0 Å². The van der Waals surface area contributed by atoms with Crippen LogP contribution in [0, 0.1) is 6.92 Å². The number of carbonyl (C=O) groups excluding carboxylic acids is 1. The van der Waals surface area contributed by atoms with E-state index in [4.69, 9.17) is 0 Å². The van der Waals surface area contributed by atoms with Gasteiger partial charge in [0, 0.05) is 11.6 Å². The van der Waals surface area contributed by atoms with Crippen LogP contribution in [0.25, 0.3) is 10.9 Å². The van der Waals surface area contributed by atoms with Gasteiger partial charge in [-0.1, -0.05) is 29.8 Å². The van der Waals surface area contributed by atoms with Crippen molar-refractivity contribution in [2.75, 3.05) is 7.11 Å². The molecule has 0 unspecified atom stereocenters. The van der Waals surface area contributed by atoms with Crippen LogP contribution in [0.2, 0.25) is 0 Å². The molecule has 0 radical (unpaired) electrons. The number of benzene rings is 1. The minimum Gasteiger partial charge on any atom is -0.504 e. The predicted molar refractivity (Wildman–Crippen MR) is 93.5 cm³/mol. The molecule has 0 amide bonds. The summed E-state index contributed by atoms with van der Waals surface area (Å²) in [6, 6.07) is 9.55. The standard InChI is InChI=1S/C19H16N2O5/c1-10-3-5-11(6-4-10)7-12-8-13-14(20-9-12)17(22)16(19(25)26-2)21-15(13)18(23)24/h3-6,8-9,22H,7H2,1-2H3,(H,23,24). The second kappa shape index (κ2) is 6.79. The number of esters is 1. The van der Waals surface area contributed by atoms with Crippen LogP contribution in [-0.4, -0.2) is 39.2 Å². The maximum Gasteiger partial charge on any atom is 0.360 e. The lowest BCUT2D eigenvalue weighted by Gasteiger charge is -2.10. The zero-order chi connectivity index (χ0) is 18.8. The fraction of sp³-hybridized carbons (Fsp3) is 0.158. The molecule has 1 aromatic carbocycles. The van der Waals surface area contributed by atoms with Crippen molar-refractivity contribution in [3.8, 4) is 5.75 Å². The molecule has 26 heavy (non-hydrogen) atoms. The SMILES string of the molecule is COC(=O)c1nc(C(=O)O)c2cc(Cc3ccc(C)cc3)cnc2c1O. The molecule has 0 bridgehead atoms. The first-order valence-corrected chi connectivity index (χ1v) is 7.79. The first-order valence-electron chi connectivity index (χ1n) is 7.79.